The van der Waals surface area contributed by atoms with Gasteiger partial charge >= 0.3 is 6.09 Å². The zero-order valence-corrected chi connectivity index (χ0v) is 15.5. The molecule has 1 aliphatic rings. The van der Waals surface area contributed by atoms with E-state index in [1.807, 2.05) is 49.4 Å². The lowest BCUT2D eigenvalue weighted by Gasteiger charge is -2.49. The van der Waals surface area contributed by atoms with Crippen molar-refractivity contribution in [1.82, 2.24) is 4.90 Å². The zero-order valence-electron chi connectivity index (χ0n) is 15.5. The second kappa shape index (κ2) is 8.24. The molecule has 0 unspecified atom stereocenters. The van der Waals surface area contributed by atoms with Gasteiger partial charge in [-0.3, -0.25) is 4.90 Å². The lowest BCUT2D eigenvalue weighted by Crippen LogP contribution is -2.56. The van der Waals surface area contributed by atoms with Crippen molar-refractivity contribution in [1.29, 1.82) is 5.26 Å². The predicted molar refractivity (Wildman–Crippen MR) is 102 cm³/mol. The Hall–Kier alpha value is -2.84. The van der Waals surface area contributed by atoms with Crippen LogP contribution in [0, 0.1) is 11.3 Å². The van der Waals surface area contributed by atoms with E-state index >= 15 is 0 Å². The van der Waals surface area contributed by atoms with Crippen molar-refractivity contribution < 1.29 is 14.6 Å². The van der Waals surface area contributed by atoms with E-state index in [0.717, 1.165) is 11.1 Å². The number of hydrogen-bond acceptors (Lipinski definition) is 3. The number of hydrogen-bond donors (Lipinski definition) is 1. The Labute approximate surface area is 159 Å². The monoisotopic (exact) mass is 364 g/mol. The average Bonchev–Trinajstić information content (AvgIpc) is 2.69. The molecule has 1 heterocycles. The molecule has 3 rings (SSSR count). The summed E-state index contributed by atoms with van der Waals surface area (Å²) in [6.45, 7) is 2.99. The summed E-state index contributed by atoms with van der Waals surface area (Å²) in [5, 5.41) is 19.1. The van der Waals surface area contributed by atoms with Gasteiger partial charge in [-0.1, -0.05) is 42.5 Å². The molecule has 5 nitrogen and oxygen atoms in total. The van der Waals surface area contributed by atoms with Crippen LogP contribution in [0.2, 0.25) is 0 Å². The predicted octanol–water partition coefficient (Wildman–Crippen LogP) is 4.18. The van der Waals surface area contributed by atoms with Crippen molar-refractivity contribution in [2.75, 3.05) is 13.2 Å². The van der Waals surface area contributed by atoms with Crippen molar-refractivity contribution in [3.8, 4) is 6.07 Å². The van der Waals surface area contributed by atoms with Crippen molar-refractivity contribution in [3.63, 3.8) is 0 Å². The summed E-state index contributed by atoms with van der Waals surface area (Å²) in [6, 6.07) is 19.3. The first kappa shape index (κ1) is 18.9. The van der Waals surface area contributed by atoms with Crippen LogP contribution < -0.4 is 0 Å². The molecule has 27 heavy (non-hydrogen) atoms. The summed E-state index contributed by atoms with van der Waals surface area (Å²) in [5.74, 6) is 0. The van der Waals surface area contributed by atoms with Gasteiger partial charge in [0, 0.05) is 26.0 Å². The number of nitriles is 1. The van der Waals surface area contributed by atoms with Gasteiger partial charge in [0.05, 0.1) is 23.3 Å². The second-order valence-corrected chi connectivity index (χ2v) is 6.89. The lowest BCUT2D eigenvalue weighted by atomic mass is 9.75. The number of ether oxygens (including phenoxy) is 1. The van der Waals surface area contributed by atoms with E-state index < -0.39 is 11.6 Å². The lowest BCUT2D eigenvalue weighted by molar-refractivity contribution is -0.0466. The van der Waals surface area contributed by atoms with Gasteiger partial charge in [0.1, 0.15) is 0 Å². The minimum Gasteiger partial charge on any atom is -0.465 e. The first-order chi connectivity index (χ1) is 13.1. The molecule has 1 aliphatic heterocycles. The fourth-order valence-corrected chi connectivity index (χ4v) is 4.06. The number of rotatable bonds is 5. The van der Waals surface area contributed by atoms with E-state index in [0.29, 0.717) is 38.0 Å². The maximum atomic E-state index is 12.2. The topological polar surface area (TPSA) is 73.6 Å². The van der Waals surface area contributed by atoms with Crippen LogP contribution in [0.3, 0.4) is 0 Å². The summed E-state index contributed by atoms with van der Waals surface area (Å²) in [6.07, 6.45) is 0.923. The molecular formula is C22H24N2O3. The normalized spacial score (nSPS) is 22.2. The molecular weight excluding hydrogens is 340 g/mol. The van der Waals surface area contributed by atoms with Gasteiger partial charge in [-0.15, -0.1) is 0 Å². The van der Waals surface area contributed by atoms with Crippen LogP contribution in [0.1, 0.15) is 36.5 Å². The Morgan fingerprint density at radius 3 is 2.56 bits per heavy atom. The Morgan fingerprint density at radius 1 is 1.26 bits per heavy atom. The van der Waals surface area contributed by atoms with Crippen LogP contribution in [-0.2, 0) is 16.7 Å². The van der Waals surface area contributed by atoms with Crippen LogP contribution in [0.5, 0.6) is 0 Å². The molecule has 0 aromatic heterocycles. The average molecular weight is 364 g/mol. The van der Waals surface area contributed by atoms with Gasteiger partial charge in [0.25, 0.3) is 0 Å². The molecule has 0 spiro atoms. The summed E-state index contributed by atoms with van der Waals surface area (Å²) >= 11 is 0. The SMILES string of the molecule is CCO[C@H]1CCN(C(=O)O)[C@](Cc2ccccc2)(c2ccc(C#N)cc2)C1. The van der Waals surface area contributed by atoms with Crippen LogP contribution in [0.4, 0.5) is 4.79 Å². The van der Waals surface area contributed by atoms with Crippen LogP contribution >= 0.6 is 0 Å². The molecule has 0 aliphatic carbocycles. The number of likely N-dealkylation sites (tertiary alicyclic amines) is 1. The highest BCUT2D eigenvalue weighted by Crippen LogP contribution is 2.41. The molecule has 0 saturated carbocycles. The number of benzene rings is 2. The molecule has 1 amide bonds. The van der Waals surface area contributed by atoms with Gasteiger partial charge in [-0.25, -0.2) is 4.79 Å². The van der Waals surface area contributed by atoms with E-state index in [1.165, 1.54) is 0 Å². The number of amides is 1. The fraction of sp³-hybridized carbons (Fsp3) is 0.364. The highest BCUT2D eigenvalue weighted by atomic mass is 16.5. The van der Waals surface area contributed by atoms with Crippen molar-refractivity contribution in [3.05, 3.63) is 71.3 Å². The number of carbonyl (C=O) groups is 1. The highest BCUT2D eigenvalue weighted by Gasteiger charge is 2.46. The van der Waals surface area contributed by atoms with E-state index in [1.54, 1.807) is 17.0 Å². The molecule has 1 N–H and O–H groups in total. The van der Waals surface area contributed by atoms with E-state index in [-0.39, 0.29) is 6.10 Å². The first-order valence-electron chi connectivity index (χ1n) is 9.26. The second-order valence-electron chi connectivity index (χ2n) is 6.89. The van der Waals surface area contributed by atoms with Gasteiger partial charge in [-0.05, 0) is 36.6 Å². The van der Waals surface area contributed by atoms with Gasteiger partial charge in [0.15, 0.2) is 0 Å². The molecule has 1 fully saturated rings. The van der Waals surface area contributed by atoms with Crippen LogP contribution in [-0.4, -0.2) is 35.4 Å². The third-order valence-electron chi connectivity index (χ3n) is 5.28. The van der Waals surface area contributed by atoms with Crippen LogP contribution in [0.15, 0.2) is 54.6 Å². The third-order valence-corrected chi connectivity index (χ3v) is 5.28. The minimum atomic E-state index is -0.926. The Bertz CT molecular complexity index is 814. The first-order valence-corrected chi connectivity index (χ1v) is 9.26. The number of nitrogens with zero attached hydrogens (tertiary/aromatic N) is 2. The van der Waals surface area contributed by atoms with Crippen molar-refractivity contribution >= 4 is 6.09 Å². The number of carboxylic acid groups (broad SMARTS) is 1. The fourth-order valence-electron chi connectivity index (χ4n) is 4.06. The summed E-state index contributed by atoms with van der Waals surface area (Å²) < 4.78 is 5.90. The maximum absolute atomic E-state index is 12.2. The maximum Gasteiger partial charge on any atom is 0.408 e. The van der Waals surface area contributed by atoms with Gasteiger partial charge in [0.2, 0.25) is 0 Å². The summed E-state index contributed by atoms with van der Waals surface area (Å²) in [4.78, 5) is 13.7. The van der Waals surface area contributed by atoms with Crippen LogP contribution in [0.25, 0.3) is 0 Å². The van der Waals surface area contributed by atoms with Crippen molar-refractivity contribution in [2.24, 2.45) is 0 Å². The summed E-state index contributed by atoms with van der Waals surface area (Å²) in [5.41, 5.74) is 1.81. The molecule has 0 radical (unpaired) electrons. The number of piperidine rings is 1. The van der Waals surface area contributed by atoms with Gasteiger partial charge in [-0.2, -0.15) is 5.26 Å². The van der Waals surface area contributed by atoms with Gasteiger partial charge < -0.3 is 9.84 Å². The minimum absolute atomic E-state index is 0.00459. The Morgan fingerprint density at radius 2 is 1.96 bits per heavy atom. The summed E-state index contributed by atoms with van der Waals surface area (Å²) in [7, 11) is 0. The van der Waals surface area contributed by atoms with E-state index in [9.17, 15) is 9.90 Å². The molecule has 2 aromatic rings. The molecule has 140 valence electrons. The smallest absolute Gasteiger partial charge is 0.408 e. The third kappa shape index (κ3) is 3.96. The van der Waals surface area contributed by atoms with Crippen molar-refractivity contribution in [2.45, 2.75) is 37.8 Å². The molecule has 2 aromatic carbocycles. The quantitative estimate of drug-likeness (QED) is 0.864. The largest absolute Gasteiger partial charge is 0.465 e. The Kier molecular flexibility index (Phi) is 5.78. The molecule has 1 saturated heterocycles. The zero-order chi connectivity index (χ0) is 19.3. The highest BCUT2D eigenvalue weighted by molar-refractivity contribution is 5.67. The van der Waals surface area contributed by atoms with E-state index in [4.69, 9.17) is 10.00 Å². The molecule has 0 bridgehead atoms. The standard InChI is InChI=1S/C22H24N2O3/c1-2-27-20-12-13-24(21(25)26)22(15-20,14-17-6-4-3-5-7-17)19-10-8-18(16-23)9-11-19/h3-11,20H,2,12-15H2,1H3,(H,25,26)/t20-,22-/m0/s1. The molecule has 5 heteroatoms. The molecule has 2 atom stereocenters. The Balaban J connectivity index is 2.10. The van der Waals surface area contributed by atoms with E-state index in [2.05, 4.69) is 6.07 Å².